The Morgan fingerprint density at radius 2 is 1.58 bits per heavy atom. The molecule has 0 fully saturated rings. The van der Waals surface area contributed by atoms with Crippen LogP contribution < -0.4 is 33.6 Å². The summed E-state index contributed by atoms with van der Waals surface area (Å²) in [7, 11) is 0. The highest BCUT2D eigenvalue weighted by Gasteiger charge is 2.28. The van der Waals surface area contributed by atoms with Crippen LogP contribution in [-0.2, 0) is 25.6 Å². The Labute approximate surface area is 179 Å². The van der Waals surface area contributed by atoms with Crippen LogP contribution in [0.1, 0.15) is 24.8 Å². The summed E-state index contributed by atoms with van der Waals surface area (Å²) >= 11 is 0. The molecule has 11 N–H and O–H groups in total. The molecule has 0 saturated heterocycles. The van der Waals surface area contributed by atoms with Crippen LogP contribution in [-0.4, -0.2) is 59.4 Å². The van der Waals surface area contributed by atoms with Gasteiger partial charge in [-0.05, 0) is 18.4 Å². The fourth-order valence-corrected chi connectivity index (χ4v) is 2.68. The SMILES string of the molecule is NC(=O)C[C@H](N)C(=O)N[C@@H](CCCN=C(N)N)C(=O)N[C@@H](Cc1ccccc1)C(=O)O. The number of aliphatic imine (C=N–C) groups is 1. The fraction of sp³-hybridized carbons (Fsp3) is 0.421. The summed E-state index contributed by atoms with van der Waals surface area (Å²) in [5.74, 6) is -3.61. The van der Waals surface area contributed by atoms with Crippen LogP contribution in [0.2, 0.25) is 0 Å². The molecule has 0 unspecified atom stereocenters. The standard InChI is InChI=1S/C19H29N7O5/c20-12(10-15(21)27)16(28)25-13(7-4-8-24-19(22)23)17(29)26-14(18(30)31)9-11-5-2-1-3-6-11/h1-3,5-6,12-14H,4,7-10,20H2,(H2,21,27)(H,25,28)(H,26,29)(H,30,31)(H4,22,23,24)/t12-,13-,14-/m0/s1. The molecule has 170 valence electrons. The minimum absolute atomic E-state index is 0.0533. The molecular formula is C19H29N7O5. The number of guanidine groups is 1. The van der Waals surface area contributed by atoms with Gasteiger partial charge in [0.15, 0.2) is 5.96 Å². The summed E-state index contributed by atoms with van der Waals surface area (Å²) in [6.07, 6.45) is 0.0742. The maximum absolute atomic E-state index is 12.7. The maximum Gasteiger partial charge on any atom is 0.326 e. The van der Waals surface area contributed by atoms with Gasteiger partial charge in [-0.3, -0.25) is 19.4 Å². The largest absolute Gasteiger partial charge is 0.480 e. The second kappa shape index (κ2) is 12.8. The third-order valence-electron chi connectivity index (χ3n) is 4.23. The third-order valence-corrected chi connectivity index (χ3v) is 4.23. The van der Waals surface area contributed by atoms with Crippen molar-refractivity contribution in [3.8, 4) is 0 Å². The van der Waals surface area contributed by atoms with Gasteiger partial charge in [-0.1, -0.05) is 30.3 Å². The molecule has 0 aliphatic rings. The van der Waals surface area contributed by atoms with Crippen LogP contribution in [0.3, 0.4) is 0 Å². The number of hydrogen-bond donors (Lipinski definition) is 7. The van der Waals surface area contributed by atoms with Crippen molar-refractivity contribution in [2.45, 2.75) is 43.8 Å². The molecule has 3 amide bonds. The van der Waals surface area contributed by atoms with E-state index in [1.165, 1.54) is 0 Å². The van der Waals surface area contributed by atoms with Crippen LogP contribution in [0.15, 0.2) is 35.3 Å². The lowest BCUT2D eigenvalue weighted by molar-refractivity contribution is -0.142. The first-order valence-electron chi connectivity index (χ1n) is 9.57. The summed E-state index contributed by atoms with van der Waals surface area (Å²) in [5, 5.41) is 14.4. The highest BCUT2D eigenvalue weighted by atomic mass is 16.4. The normalized spacial score (nSPS) is 13.3. The topological polar surface area (TPSA) is 229 Å². The molecule has 31 heavy (non-hydrogen) atoms. The van der Waals surface area contributed by atoms with Crippen LogP contribution in [0.5, 0.6) is 0 Å². The highest BCUT2D eigenvalue weighted by molar-refractivity contribution is 5.93. The number of nitrogens with zero attached hydrogens (tertiary/aromatic N) is 1. The average molecular weight is 435 g/mol. The summed E-state index contributed by atoms with van der Waals surface area (Å²) in [6, 6.07) is 5.19. The van der Waals surface area contributed by atoms with Crippen LogP contribution in [0.4, 0.5) is 0 Å². The number of hydrogen-bond acceptors (Lipinski definition) is 6. The molecule has 1 aromatic rings. The predicted octanol–water partition coefficient (Wildman–Crippen LogP) is -2.46. The second-order valence-corrected chi connectivity index (χ2v) is 6.88. The fourth-order valence-electron chi connectivity index (χ4n) is 2.68. The van der Waals surface area contributed by atoms with Crippen molar-refractivity contribution in [2.75, 3.05) is 6.54 Å². The predicted molar refractivity (Wildman–Crippen MR) is 113 cm³/mol. The van der Waals surface area contributed by atoms with E-state index < -0.39 is 48.2 Å². The van der Waals surface area contributed by atoms with Crippen molar-refractivity contribution in [1.82, 2.24) is 10.6 Å². The summed E-state index contributed by atoms with van der Waals surface area (Å²) in [6.45, 7) is 0.196. The number of carbonyl (C=O) groups is 4. The van der Waals surface area contributed by atoms with Crippen molar-refractivity contribution in [3.63, 3.8) is 0 Å². The molecule has 1 aromatic carbocycles. The van der Waals surface area contributed by atoms with Gasteiger partial charge in [0.25, 0.3) is 0 Å². The van der Waals surface area contributed by atoms with Crippen molar-refractivity contribution < 1.29 is 24.3 Å². The van der Waals surface area contributed by atoms with Gasteiger partial charge in [0.1, 0.15) is 12.1 Å². The summed E-state index contributed by atoms with van der Waals surface area (Å²) in [5.41, 5.74) is 21.9. The number of nitrogens with two attached hydrogens (primary N) is 4. The molecule has 12 heteroatoms. The van der Waals surface area contributed by atoms with E-state index in [0.29, 0.717) is 12.0 Å². The molecule has 1 rings (SSSR count). The Morgan fingerprint density at radius 3 is 2.13 bits per heavy atom. The number of primary amides is 1. The van der Waals surface area contributed by atoms with E-state index in [4.69, 9.17) is 22.9 Å². The molecule has 0 radical (unpaired) electrons. The number of aliphatic carboxylic acids is 1. The van der Waals surface area contributed by atoms with Gasteiger partial charge in [0.2, 0.25) is 17.7 Å². The van der Waals surface area contributed by atoms with E-state index >= 15 is 0 Å². The van der Waals surface area contributed by atoms with E-state index in [0.717, 1.165) is 0 Å². The molecule has 0 aliphatic heterocycles. The molecule has 0 heterocycles. The van der Waals surface area contributed by atoms with E-state index in [-0.39, 0.29) is 25.3 Å². The Balaban J connectivity index is 2.87. The zero-order valence-corrected chi connectivity index (χ0v) is 17.0. The van der Waals surface area contributed by atoms with Crippen molar-refractivity contribution >= 4 is 29.7 Å². The van der Waals surface area contributed by atoms with E-state index in [1.807, 2.05) is 0 Å². The quantitative estimate of drug-likeness (QED) is 0.0995. The lowest BCUT2D eigenvalue weighted by Gasteiger charge is -2.22. The molecule has 0 bridgehead atoms. The van der Waals surface area contributed by atoms with Crippen LogP contribution in [0, 0.1) is 0 Å². The third kappa shape index (κ3) is 10.1. The Bertz CT molecular complexity index is 796. The molecule has 12 nitrogen and oxygen atoms in total. The first kappa shape index (κ1) is 25.4. The van der Waals surface area contributed by atoms with Gasteiger partial charge in [0.05, 0.1) is 12.5 Å². The summed E-state index contributed by atoms with van der Waals surface area (Å²) < 4.78 is 0. The van der Waals surface area contributed by atoms with Gasteiger partial charge in [-0.25, -0.2) is 4.79 Å². The maximum atomic E-state index is 12.7. The molecule has 3 atom stereocenters. The first-order valence-corrected chi connectivity index (χ1v) is 9.57. The number of carboxylic acid groups (broad SMARTS) is 1. The van der Waals surface area contributed by atoms with Crippen molar-refractivity contribution in [3.05, 3.63) is 35.9 Å². The number of amides is 3. The molecule has 0 saturated carbocycles. The number of carbonyl (C=O) groups excluding carboxylic acids is 3. The number of benzene rings is 1. The Morgan fingerprint density at radius 1 is 0.968 bits per heavy atom. The zero-order chi connectivity index (χ0) is 23.4. The van der Waals surface area contributed by atoms with Gasteiger partial charge in [-0.2, -0.15) is 0 Å². The van der Waals surface area contributed by atoms with Gasteiger partial charge in [0, 0.05) is 13.0 Å². The van der Waals surface area contributed by atoms with Gasteiger partial charge in [-0.15, -0.1) is 0 Å². The Hall–Kier alpha value is -3.67. The van der Waals surface area contributed by atoms with E-state index in [2.05, 4.69) is 15.6 Å². The minimum Gasteiger partial charge on any atom is -0.480 e. The average Bonchev–Trinajstić information content (AvgIpc) is 2.69. The Kier molecular flexibility index (Phi) is 10.5. The highest BCUT2D eigenvalue weighted by Crippen LogP contribution is 2.06. The van der Waals surface area contributed by atoms with Crippen molar-refractivity contribution in [2.24, 2.45) is 27.9 Å². The molecule has 0 spiro atoms. The second-order valence-electron chi connectivity index (χ2n) is 6.88. The van der Waals surface area contributed by atoms with Crippen LogP contribution in [0.25, 0.3) is 0 Å². The van der Waals surface area contributed by atoms with E-state index in [1.54, 1.807) is 30.3 Å². The summed E-state index contributed by atoms with van der Waals surface area (Å²) in [4.78, 5) is 51.4. The first-order chi connectivity index (χ1) is 14.6. The number of rotatable bonds is 13. The van der Waals surface area contributed by atoms with E-state index in [9.17, 15) is 24.3 Å². The lowest BCUT2D eigenvalue weighted by atomic mass is 10.0. The number of carboxylic acids is 1. The molecule has 0 aliphatic carbocycles. The lowest BCUT2D eigenvalue weighted by Crippen LogP contribution is -2.55. The number of nitrogens with one attached hydrogen (secondary N) is 2. The monoisotopic (exact) mass is 435 g/mol. The minimum atomic E-state index is -1.25. The van der Waals surface area contributed by atoms with Crippen molar-refractivity contribution in [1.29, 1.82) is 0 Å². The molecule has 0 aromatic heterocycles. The van der Waals surface area contributed by atoms with Crippen LogP contribution >= 0.6 is 0 Å². The molecular weight excluding hydrogens is 406 g/mol. The smallest absolute Gasteiger partial charge is 0.326 e. The van der Waals surface area contributed by atoms with Gasteiger partial charge < -0.3 is 38.7 Å². The van der Waals surface area contributed by atoms with Gasteiger partial charge >= 0.3 is 5.97 Å². The zero-order valence-electron chi connectivity index (χ0n) is 17.0.